The van der Waals surface area contributed by atoms with Crippen molar-refractivity contribution in [3.05, 3.63) is 29.8 Å². The highest BCUT2D eigenvalue weighted by Gasteiger charge is 2.23. The van der Waals surface area contributed by atoms with Crippen LogP contribution in [0.1, 0.15) is 24.3 Å². The highest BCUT2D eigenvalue weighted by Crippen LogP contribution is 2.39. The van der Waals surface area contributed by atoms with Crippen molar-refractivity contribution in [3.63, 3.8) is 0 Å². The standard InChI is InChI=1S/C8H8FN/c9-8-3-7(4-10-5-8)6-1-2-6/h3-6H,1-2H2. The van der Waals surface area contributed by atoms with E-state index in [0.717, 1.165) is 5.56 Å². The molecule has 52 valence electrons. The fraction of sp³-hybridized carbons (Fsp3) is 0.375. The Balaban J connectivity index is 2.32. The summed E-state index contributed by atoms with van der Waals surface area (Å²) in [6.45, 7) is 0. The van der Waals surface area contributed by atoms with Crippen molar-refractivity contribution in [2.75, 3.05) is 0 Å². The molecule has 0 spiro atoms. The van der Waals surface area contributed by atoms with Gasteiger partial charge in [-0.05, 0) is 30.4 Å². The van der Waals surface area contributed by atoms with Crippen LogP contribution >= 0.6 is 0 Å². The third-order valence-corrected chi connectivity index (χ3v) is 1.77. The van der Waals surface area contributed by atoms with Crippen molar-refractivity contribution < 1.29 is 4.39 Å². The van der Waals surface area contributed by atoms with E-state index in [2.05, 4.69) is 4.98 Å². The maximum absolute atomic E-state index is 12.5. The summed E-state index contributed by atoms with van der Waals surface area (Å²) in [6, 6.07) is 1.57. The minimum absolute atomic E-state index is 0.218. The van der Waals surface area contributed by atoms with Crippen LogP contribution in [0.5, 0.6) is 0 Å². The molecule has 1 heterocycles. The minimum Gasteiger partial charge on any atom is -0.261 e. The molecule has 0 amide bonds. The Kier molecular flexibility index (Phi) is 1.19. The lowest BCUT2D eigenvalue weighted by atomic mass is 10.2. The normalized spacial score (nSPS) is 17.3. The summed E-state index contributed by atoms with van der Waals surface area (Å²) in [5, 5.41) is 0. The Bertz CT molecular complexity index is 243. The van der Waals surface area contributed by atoms with Gasteiger partial charge in [-0.2, -0.15) is 0 Å². The molecular formula is C8H8FN. The molecule has 10 heavy (non-hydrogen) atoms. The summed E-state index contributed by atoms with van der Waals surface area (Å²) in [7, 11) is 0. The molecule has 0 aromatic carbocycles. The smallest absolute Gasteiger partial charge is 0.141 e. The van der Waals surface area contributed by atoms with Gasteiger partial charge in [0.2, 0.25) is 0 Å². The van der Waals surface area contributed by atoms with Crippen LogP contribution in [-0.2, 0) is 0 Å². The summed E-state index contributed by atoms with van der Waals surface area (Å²) < 4.78 is 12.5. The maximum atomic E-state index is 12.5. The van der Waals surface area contributed by atoms with Crippen molar-refractivity contribution >= 4 is 0 Å². The molecule has 1 aromatic heterocycles. The highest BCUT2D eigenvalue weighted by atomic mass is 19.1. The second kappa shape index (κ2) is 2.04. The first-order chi connectivity index (χ1) is 4.86. The van der Waals surface area contributed by atoms with Crippen LogP contribution in [0.3, 0.4) is 0 Å². The van der Waals surface area contributed by atoms with E-state index in [1.807, 2.05) is 0 Å². The SMILES string of the molecule is Fc1cncc(C2CC2)c1. The largest absolute Gasteiger partial charge is 0.261 e. The van der Waals surface area contributed by atoms with Crippen LogP contribution in [0.25, 0.3) is 0 Å². The van der Waals surface area contributed by atoms with Crippen LogP contribution in [-0.4, -0.2) is 4.98 Å². The van der Waals surface area contributed by atoms with Crippen LogP contribution in [0.2, 0.25) is 0 Å². The van der Waals surface area contributed by atoms with E-state index >= 15 is 0 Å². The summed E-state index contributed by atoms with van der Waals surface area (Å²) in [5.41, 5.74) is 1.06. The Morgan fingerprint density at radius 3 is 2.80 bits per heavy atom. The molecule has 1 fully saturated rings. The molecule has 0 saturated heterocycles. The molecule has 1 saturated carbocycles. The van der Waals surface area contributed by atoms with Gasteiger partial charge in [0.05, 0.1) is 6.20 Å². The van der Waals surface area contributed by atoms with Gasteiger partial charge in [0.1, 0.15) is 5.82 Å². The van der Waals surface area contributed by atoms with Crippen molar-refractivity contribution in [1.29, 1.82) is 0 Å². The molecule has 1 aliphatic rings. The summed E-state index contributed by atoms with van der Waals surface area (Å²) in [6.07, 6.45) is 5.39. The molecular weight excluding hydrogens is 129 g/mol. The van der Waals surface area contributed by atoms with Crippen molar-refractivity contribution in [3.8, 4) is 0 Å². The van der Waals surface area contributed by atoms with Crippen LogP contribution in [0.15, 0.2) is 18.5 Å². The maximum Gasteiger partial charge on any atom is 0.141 e. The van der Waals surface area contributed by atoms with E-state index in [0.29, 0.717) is 5.92 Å². The zero-order chi connectivity index (χ0) is 6.97. The predicted octanol–water partition coefficient (Wildman–Crippen LogP) is 2.10. The Morgan fingerprint density at radius 1 is 1.40 bits per heavy atom. The lowest BCUT2D eigenvalue weighted by molar-refractivity contribution is 0.618. The van der Waals surface area contributed by atoms with E-state index in [1.165, 1.54) is 19.0 Å². The second-order valence-corrected chi connectivity index (χ2v) is 2.71. The highest BCUT2D eigenvalue weighted by molar-refractivity contribution is 5.19. The van der Waals surface area contributed by atoms with Crippen molar-refractivity contribution in [1.82, 2.24) is 4.98 Å². The molecule has 0 unspecified atom stereocenters. The van der Waals surface area contributed by atoms with Gasteiger partial charge < -0.3 is 0 Å². The first-order valence-corrected chi connectivity index (χ1v) is 3.47. The number of hydrogen-bond acceptors (Lipinski definition) is 1. The van der Waals surface area contributed by atoms with E-state index in [1.54, 1.807) is 12.3 Å². The Hall–Kier alpha value is -0.920. The van der Waals surface area contributed by atoms with Gasteiger partial charge in [-0.15, -0.1) is 0 Å². The number of hydrogen-bond donors (Lipinski definition) is 0. The molecule has 0 bridgehead atoms. The molecule has 1 nitrogen and oxygen atoms in total. The molecule has 0 aliphatic heterocycles. The van der Waals surface area contributed by atoms with Crippen LogP contribution < -0.4 is 0 Å². The minimum atomic E-state index is -0.218. The van der Waals surface area contributed by atoms with E-state index in [-0.39, 0.29) is 5.82 Å². The topological polar surface area (TPSA) is 12.9 Å². The number of rotatable bonds is 1. The van der Waals surface area contributed by atoms with Crippen LogP contribution in [0, 0.1) is 5.82 Å². The zero-order valence-corrected chi connectivity index (χ0v) is 5.55. The van der Waals surface area contributed by atoms with Gasteiger partial charge in [-0.1, -0.05) is 0 Å². The lowest BCUT2D eigenvalue weighted by Crippen LogP contribution is -1.83. The van der Waals surface area contributed by atoms with Crippen LogP contribution in [0.4, 0.5) is 4.39 Å². The molecule has 1 aromatic rings. The van der Waals surface area contributed by atoms with Gasteiger partial charge in [0.15, 0.2) is 0 Å². The van der Waals surface area contributed by atoms with Gasteiger partial charge in [-0.3, -0.25) is 4.98 Å². The van der Waals surface area contributed by atoms with E-state index in [4.69, 9.17) is 0 Å². The predicted molar refractivity (Wildman–Crippen MR) is 36.2 cm³/mol. The summed E-state index contributed by atoms with van der Waals surface area (Å²) in [4.78, 5) is 3.77. The number of halogens is 1. The molecule has 2 rings (SSSR count). The molecule has 1 aliphatic carbocycles. The first-order valence-electron chi connectivity index (χ1n) is 3.47. The number of aromatic nitrogens is 1. The monoisotopic (exact) mass is 137 g/mol. The van der Waals surface area contributed by atoms with Crippen molar-refractivity contribution in [2.24, 2.45) is 0 Å². The van der Waals surface area contributed by atoms with Gasteiger partial charge >= 0.3 is 0 Å². The number of pyridine rings is 1. The first kappa shape index (κ1) is 5.83. The molecule has 0 radical (unpaired) electrons. The summed E-state index contributed by atoms with van der Waals surface area (Å²) in [5.74, 6) is 0.382. The van der Waals surface area contributed by atoms with E-state index in [9.17, 15) is 4.39 Å². The third-order valence-electron chi connectivity index (χ3n) is 1.77. The number of nitrogens with zero attached hydrogens (tertiary/aromatic N) is 1. The Labute approximate surface area is 58.9 Å². The summed E-state index contributed by atoms with van der Waals surface area (Å²) >= 11 is 0. The van der Waals surface area contributed by atoms with Crippen molar-refractivity contribution in [2.45, 2.75) is 18.8 Å². The second-order valence-electron chi connectivity index (χ2n) is 2.71. The fourth-order valence-electron chi connectivity index (χ4n) is 1.07. The average molecular weight is 137 g/mol. The molecule has 0 atom stereocenters. The Morgan fingerprint density at radius 2 is 2.20 bits per heavy atom. The van der Waals surface area contributed by atoms with Gasteiger partial charge in [0.25, 0.3) is 0 Å². The molecule has 0 N–H and O–H groups in total. The van der Waals surface area contributed by atoms with E-state index < -0.39 is 0 Å². The molecule has 2 heteroatoms. The average Bonchev–Trinajstić information content (AvgIpc) is 2.68. The zero-order valence-electron chi connectivity index (χ0n) is 5.55. The van der Waals surface area contributed by atoms with Gasteiger partial charge in [0, 0.05) is 6.20 Å². The fourth-order valence-corrected chi connectivity index (χ4v) is 1.07. The third kappa shape index (κ3) is 1.01. The quantitative estimate of drug-likeness (QED) is 0.577. The lowest BCUT2D eigenvalue weighted by Gasteiger charge is -1.94. The van der Waals surface area contributed by atoms with Gasteiger partial charge in [-0.25, -0.2) is 4.39 Å².